The van der Waals surface area contributed by atoms with Crippen molar-refractivity contribution >= 4 is 29.2 Å². The van der Waals surface area contributed by atoms with Crippen molar-refractivity contribution in [1.82, 2.24) is 9.80 Å². The quantitative estimate of drug-likeness (QED) is 0.853. The number of rotatable bonds is 4. The Morgan fingerprint density at radius 1 is 1.19 bits per heavy atom. The minimum atomic E-state index is -4.53. The number of ether oxygens (including phenoxy) is 1. The highest BCUT2D eigenvalue weighted by Gasteiger charge is 2.34. The zero-order valence-corrected chi connectivity index (χ0v) is 14.9. The van der Waals surface area contributed by atoms with E-state index in [1.165, 1.54) is 4.90 Å². The van der Waals surface area contributed by atoms with E-state index in [1.807, 2.05) is 6.92 Å². The lowest BCUT2D eigenvalue weighted by molar-refractivity contribution is -0.162. The largest absolute Gasteiger partial charge is 0.492 e. The van der Waals surface area contributed by atoms with Gasteiger partial charge in [0, 0.05) is 31.9 Å². The van der Waals surface area contributed by atoms with Crippen LogP contribution < -0.4 is 10.1 Å². The van der Waals surface area contributed by atoms with Crippen LogP contribution in [0.2, 0.25) is 5.02 Å². The Bertz CT molecular complexity index is 662. The molecule has 1 aliphatic heterocycles. The second-order valence-electron chi connectivity index (χ2n) is 5.67. The maximum atomic E-state index is 12.3. The first-order valence-corrected chi connectivity index (χ1v) is 8.40. The van der Waals surface area contributed by atoms with Crippen LogP contribution in [0.4, 0.5) is 23.7 Å². The molecule has 1 heterocycles. The predicted octanol–water partition coefficient (Wildman–Crippen LogP) is 3.37. The van der Waals surface area contributed by atoms with Crippen molar-refractivity contribution in [3.05, 3.63) is 23.2 Å². The van der Waals surface area contributed by atoms with Crippen molar-refractivity contribution in [1.29, 1.82) is 0 Å². The predicted molar refractivity (Wildman–Crippen MR) is 90.5 cm³/mol. The molecule has 0 aliphatic carbocycles. The first-order valence-electron chi connectivity index (χ1n) is 8.02. The maximum absolute atomic E-state index is 12.3. The van der Waals surface area contributed by atoms with Gasteiger partial charge in [0.25, 0.3) is 0 Å². The fourth-order valence-corrected chi connectivity index (χ4v) is 2.73. The van der Waals surface area contributed by atoms with Gasteiger partial charge in [-0.25, -0.2) is 4.79 Å². The number of carbonyl (C=O) groups is 2. The fourth-order valence-electron chi connectivity index (χ4n) is 2.50. The number of benzene rings is 1. The third-order valence-corrected chi connectivity index (χ3v) is 4.05. The Balaban J connectivity index is 1.87. The summed E-state index contributed by atoms with van der Waals surface area (Å²) >= 11 is 6.06. The van der Waals surface area contributed by atoms with Crippen LogP contribution >= 0.6 is 11.6 Å². The lowest BCUT2D eigenvalue weighted by Crippen LogP contribution is -2.52. The number of urea groups is 1. The number of nitrogens with zero attached hydrogens (tertiary/aromatic N) is 2. The summed E-state index contributed by atoms with van der Waals surface area (Å²) in [5.74, 6) is -0.472. The molecular weight excluding hydrogens is 375 g/mol. The van der Waals surface area contributed by atoms with Crippen molar-refractivity contribution < 1.29 is 27.5 Å². The molecule has 0 bridgehead atoms. The molecule has 0 aromatic heterocycles. The molecule has 1 aromatic carbocycles. The number of carbonyl (C=O) groups excluding carboxylic acids is 2. The van der Waals surface area contributed by atoms with Gasteiger partial charge in [0.2, 0.25) is 5.91 Å². The molecule has 1 N–H and O–H groups in total. The molecule has 10 heteroatoms. The Morgan fingerprint density at radius 3 is 2.35 bits per heavy atom. The average molecular weight is 394 g/mol. The van der Waals surface area contributed by atoms with Crippen molar-refractivity contribution in [2.75, 3.05) is 38.1 Å². The number of hydrogen-bond acceptors (Lipinski definition) is 3. The molecule has 1 fully saturated rings. The number of amides is 3. The van der Waals surface area contributed by atoms with E-state index in [9.17, 15) is 22.8 Å². The molecule has 0 atom stereocenters. The zero-order chi connectivity index (χ0) is 19.3. The molecule has 144 valence electrons. The highest BCUT2D eigenvalue weighted by Crippen LogP contribution is 2.28. The second kappa shape index (κ2) is 8.48. The first kappa shape index (κ1) is 20.2. The van der Waals surface area contributed by atoms with Gasteiger partial charge in [0.05, 0.1) is 11.6 Å². The average Bonchev–Trinajstić information content (AvgIpc) is 2.56. The summed E-state index contributed by atoms with van der Waals surface area (Å²) in [6.07, 6.45) is -6.01. The fraction of sp³-hybridized carbons (Fsp3) is 0.500. The van der Waals surface area contributed by atoms with Gasteiger partial charge in [-0.3, -0.25) is 4.79 Å². The molecule has 0 spiro atoms. The van der Waals surface area contributed by atoms with E-state index >= 15 is 0 Å². The smallest absolute Gasteiger partial charge is 0.397 e. The topological polar surface area (TPSA) is 61.9 Å². The molecular formula is C16H19ClF3N3O3. The van der Waals surface area contributed by atoms with Gasteiger partial charge in [0.1, 0.15) is 12.2 Å². The van der Waals surface area contributed by atoms with Crippen LogP contribution in [0.15, 0.2) is 18.2 Å². The molecule has 1 aromatic rings. The van der Waals surface area contributed by atoms with Gasteiger partial charge < -0.3 is 19.9 Å². The Hall–Kier alpha value is -2.16. The lowest BCUT2D eigenvalue weighted by Gasteiger charge is -2.34. The van der Waals surface area contributed by atoms with Crippen LogP contribution in [0.5, 0.6) is 5.75 Å². The molecule has 6 nitrogen and oxygen atoms in total. The van der Waals surface area contributed by atoms with Crippen molar-refractivity contribution in [3.63, 3.8) is 0 Å². The highest BCUT2D eigenvalue weighted by molar-refractivity contribution is 6.32. The summed E-state index contributed by atoms with van der Waals surface area (Å²) in [7, 11) is 0. The summed E-state index contributed by atoms with van der Waals surface area (Å²) < 4.78 is 42.1. The van der Waals surface area contributed by atoms with E-state index in [4.69, 9.17) is 16.3 Å². The van der Waals surface area contributed by atoms with Gasteiger partial charge in [-0.1, -0.05) is 11.6 Å². The summed E-state index contributed by atoms with van der Waals surface area (Å²) in [6, 6.07) is 4.41. The Kier molecular flexibility index (Phi) is 6.57. The molecule has 1 aliphatic rings. The van der Waals surface area contributed by atoms with Crippen LogP contribution in [0.1, 0.15) is 13.3 Å². The summed E-state index contributed by atoms with van der Waals surface area (Å²) in [5.41, 5.74) is 0.471. The van der Waals surface area contributed by atoms with Gasteiger partial charge in [-0.05, 0) is 25.1 Å². The Morgan fingerprint density at radius 2 is 1.81 bits per heavy atom. The minimum Gasteiger partial charge on any atom is -0.492 e. The van der Waals surface area contributed by atoms with Crippen LogP contribution in [0, 0.1) is 0 Å². The third-order valence-electron chi connectivity index (χ3n) is 3.75. The first-order chi connectivity index (χ1) is 12.2. The van der Waals surface area contributed by atoms with Gasteiger partial charge in [-0.2, -0.15) is 13.2 Å². The monoisotopic (exact) mass is 393 g/mol. The normalized spacial score (nSPS) is 15.0. The van der Waals surface area contributed by atoms with Crippen LogP contribution in [-0.2, 0) is 4.79 Å². The van der Waals surface area contributed by atoms with E-state index in [-0.39, 0.29) is 26.2 Å². The number of nitrogens with one attached hydrogen (secondary N) is 1. The third kappa shape index (κ3) is 5.69. The van der Waals surface area contributed by atoms with Crippen molar-refractivity contribution in [2.24, 2.45) is 0 Å². The number of halogens is 4. The summed E-state index contributed by atoms with van der Waals surface area (Å²) in [5, 5.41) is 3.02. The standard InChI is InChI=1S/C16H19ClF3N3O3/c1-2-26-13-4-3-11(9-12(13)17)21-15(25)23-7-5-22(6-8-23)14(24)10-16(18,19)20/h3-4,9H,2,5-8,10H2,1H3,(H,21,25). The van der Waals surface area contributed by atoms with E-state index in [2.05, 4.69) is 5.32 Å². The number of piperazine rings is 1. The molecule has 1 saturated heterocycles. The summed E-state index contributed by atoms with van der Waals surface area (Å²) in [4.78, 5) is 26.4. The Labute approximate surface area is 153 Å². The highest BCUT2D eigenvalue weighted by atomic mass is 35.5. The number of anilines is 1. The molecule has 2 rings (SSSR count). The van der Waals surface area contributed by atoms with E-state index in [1.54, 1.807) is 18.2 Å². The molecule has 3 amide bonds. The van der Waals surface area contributed by atoms with Crippen LogP contribution in [0.3, 0.4) is 0 Å². The van der Waals surface area contributed by atoms with Gasteiger partial charge >= 0.3 is 12.2 Å². The van der Waals surface area contributed by atoms with E-state index in [0.717, 1.165) is 4.90 Å². The van der Waals surface area contributed by atoms with E-state index < -0.39 is 24.5 Å². The zero-order valence-electron chi connectivity index (χ0n) is 14.1. The van der Waals surface area contributed by atoms with Gasteiger partial charge in [-0.15, -0.1) is 0 Å². The van der Waals surface area contributed by atoms with Gasteiger partial charge in [0.15, 0.2) is 0 Å². The maximum Gasteiger partial charge on any atom is 0.397 e. The van der Waals surface area contributed by atoms with Crippen LogP contribution in [0.25, 0.3) is 0 Å². The molecule has 0 radical (unpaired) electrons. The summed E-state index contributed by atoms with van der Waals surface area (Å²) in [6.45, 7) is 2.72. The molecule has 26 heavy (non-hydrogen) atoms. The second-order valence-corrected chi connectivity index (χ2v) is 6.08. The van der Waals surface area contributed by atoms with Crippen molar-refractivity contribution in [2.45, 2.75) is 19.5 Å². The SMILES string of the molecule is CCOc1ccc(NC(=O)N2CCN(C(=O)CC(F)(F)F)CC2)cc1Cl. The lowest BCUT2D eigenvalue weighted by atomic mass is 10.2. The molecule has 0 saturated carbocycles. The molecule has 0 unspecified atom stereocenters. The van der Waals surface area contributed by atoms with Crippen LogP contribution in [-0.4, -0.2) is 60.7 Å². The number of alkyl halides is 3. The minimum absolute atomic E-state index is 0.0619. The number of hydrogen-bond donors (Lipinski definition) is 1. The van der Waals surface area contributed by atoms with Crippen molar-refractivity contribution in [3.8, 4) is 5.75 Å². The van der Waals surface area contributed by atoms with E-state index in [0.29, 0.717) is 23.1 Å².